The lowest BCUT2D eigenvalue weighted by Crippen LogP contribution is -2.22. The standard InChI is InChI=1S/C15H14N2OS3/c18-14-12-10-5-1-2-6-11(10)21-13(12)16-15(19)17(14)8-9-4-3-7-20-9/h3-4,7H,1-2,5-6,8H2,(H,16,19). The molecule has 3 aromatic heterocycles. The van der Waals surface area contributed by atoms with Gasteiger partial charge in [-0.25, -0.2) is 0 Å². The molecule has 0 atom stereocenters. The van der Waals surface area contributed by atoms with Crippen molar-refractivity contribution in [3.63, 3.8) is 0 Å². The number of aryl methyl sites for hydroxylation is 2. The highest BCUT2D eigenvalue weighted by atomic mass is 32.1. The summed E-state index contributed by atoms with van der Waals surface area (Å²) in [5.41, 5.74) is 1.33. The van der Waals surface area contributed by atoms with Crippen molar-refractivity contribution in [3.8, 4) is 0 Å². The molecule has 0 aliphatic heterocycles. The Morgan fingerprint density at radius 1 is 1.33 bits per heavy atom. The molecule has 0 amide bonds. The van der Waals surface area contributed by atoms with Crippen LogP contribution in [-0.2, 0) is 19.4 Å². The van der Waals surface area contributed by atoms with Gasteiger partial charge in [0.1, 0.15) is 4.83 Å². The van der Waals surface area contributed by atoms with E-state index in [9.17, 15) is 4.79 Å². The van der Waals surface area contributed by atoms with Crippen LogP contribution in [0.3, 0.4) is 0 Å². The molecule has 1 aliphatic rings. The van der Waals surface area contributed by atoms with Gasteiger partial charge in [0.25, 0.3) is 5.56 Å². The van der Waals surface area contributed by atoms with E-state index in [1.54, 1.807) is 27.2 Å². The van der Waals surface area contributed by atoms with Gasteiger partial charge in [-0.15, -0.1) is 22.7 Å². The SMILES string of the molecule is O=c1c2c3c(sc2[nH]c(=S)n1Cc1cccs1)CCCC3. The first kappa shape index (κ1) is 13.4. The van der Waals surface area contributed by atoms with E-state index < -0.39 is 0 Å². The largest absolute Gasteiger partial charge is 0.323 e. The minimum Gasteiger partial charge on any atom is -0.323 e. The van der Waals surface area contributed by atoms with E-state index in [-0.39, 0.29) is 5.56 Å². The minimum atomic E-state index is 0.0709. The third kappa shape index (κ3) is 2.22. The van der Waals surface area contributed by atoms with Crippen LogP contribution in [0.5, 0.6) is 0 Å². The number of aromatic nitrogens is 2. The first-order valence-corrected chi connectivity index (χ1v) is 9.14. The highest BCUT2D eigenvalue weighted by molar-refractivity contribution is 7.71. The molecule has 3 aromatic rings. The van der Waals surface area contributed by atoms with Crippen molar-refractivity contribution >= 4 is 45.1 Å². The average molecular weight is 334 g/mol. The van der Waals surface area contributed by atoms with Gasteiger partial charge in [-0.2, -0.15) is 0 Å². The summed E-state index contributed by atoms with van der Waals surface area (Å²) in [6, 6.07) is 4.04. The summed E-state index contributed by atoms with van der Waals surface area (Å²) in [6.45, 7) is 0.562. The Hall–Kier alpha value is -1.24. The first-order chi connectivity index (χ1) is 10.2. The maximum Gasteiger partial charge on any atom is 0.263 e. The van der Waals surface area contributed by atoms with E-state index >= 15 is 0 Å². The maximum absolute atomic E-state index is 12.9. The smallest absolute Gasteiger partial charge is 0.263 e. The fraction of sp³-hybridized carbons (Fsp3) is 0.333. The van der Waals surface area contributed by atoms with Gasteiger partial charge in [-0.05, 0) is 54.9 Å². The van der Waals surface area contributed by atoms with Gasteiger partial charge in [-0.3, -0.25) is 9.36 Å². The first-order valence-electron chi connectivity index (χ1n) is 7.04. The topological polar surface area (TPSA) is 37.8 Å². The van der Waals surface area contributed by atoms with E-state index in [4.69, 9.17) is 12.2 Å². The molecule has 0 aromatic carbocycles. The normalized spacial score (nSPS) is 14.5. The second kappa shape index (κ2) is 5.19. The van der Waals surface area contributed by atoms with Crippen LogP contribution in [0.4, 0.5) is 0 Å². The monoisotopic (exact) mass is 334 g/mol. The molecule has 1 N–H and O–H groups in total. The van der Waals surface area contributed by atoms with E-state index in [0.717, 1.165) is 27.9 Å². The zero-order valence-corrected chi connectivity index (χ0v) is 13.8. The molecule has 0 fully saturated rings. The summed E-state index contributed by atoms with van der Waals surface area (Å²) in [6.07, 6.45) is 4.52. The summed E-state index contributed by atoms with van der Waals surface area (Å²) in [4.78, 5) is 19.6. The molecule has 0 saturated heterocycles. The van der Waals surface area contributed by atoms with Crippen molar-refractivity contribution in [1.82, 2.24) is 9.55 Å². The zero-order valence-electron chi connectivity index (χ0n) is 11.3. The van der Waals surface area contributed by atoms with Gasteiger partial charge in [0, 0.05) is 9.75 Å². The van der Waals surface area contributed by atoms with E-state index in [1.165, 1.54) is 23.3 Å². The number of hydrogen-bond donors (Lipinski definition) is 1. The third-order valence-corrected chi connectivity index (χ3v) is 6.38. The summed E-state index contributed by atoms with van der Waals surface area (Å²) in [5, 5.41) is 2.90. The Labute approximate surface area is 134 Å². The lowest BCUT2D eigenvalue weighted by atomic mass is 9.97. The molecule has 0 saturated carbocycles. The maximum atomic E-state index is 12.9. The Bertz CT molecular complexity index is 915. The molecule has 4 rings (SSSR count). The molecule has 21 heavy (non-hydrogen) atoms. The molecular formula is C15H14N2OS3. The van der Waals surface area contributed by atoms with Crippen molar-refractivity contribution in [3.05, 3.63) is 48.0 Å². The highest BCUT2D eigenvalue weighted by Gasteiger charge is 2.20. The van der Waals surface area contributed by atoms with Crippen molar-refractivity contribution < 1.29 is 0 Å². The molecule has 108 valence electrons. The molecular weight excluding hydrogens is 320 g/mol. The number of aromatic amines is 1. The summed E-state index contributed by atoms with van der Waals surface area (Å²) < 4.78 is 2.23. The molecule has 0 unspecified atom stereocenters. The minimum absolute atomic E-state index is 0.0709. The molecule has 6 heteroatoms. The van der Waals surface area contributed by atoms with E-state index in [2.05, 4.69) is 4.98 Å². The molecule has 3 nitrogen and oxygen atoms in total. The van der Waals surface area contributed by atoms with Crippen LogP contribution in [0.15, 0.2) is 22.3 Å². The molecule has 0 bridgehead atoms. The summed E-state index contributed by atoms with van der Waals surface area (Å²) in [5.74, 6) is 0. The number of nitrogens with one attached hydrogen (secondary N) is 1. The third-order valence-electron chi connectivity index (χ3n) is 3.99. The van der Waals surface area contributed by atoms with E-state index in [1.807, 2.05) is 17.5 Å². The fourth-order valence-electron chi connectivity index (χ4n) is 2.97. The molecule has 1 aliphatic carbocycles. The second-order valence-corrected chi connectivity index (χ2v) is 7.84. The van der Waals surface area contributed by atoms with Gasteiger partial charge in [0.2, 0.25) is 0 Å². The second-order valence-electron chi connectivity index (χ2n) is 5.32. The predicted molar refractivity (Wildman–Crippen MR) is 91.3 cm³/mol. The Kier molecular flexibility index (Phi) is 3.32. The van der Waals surface area contributed by atoms with Gasteiger partial charge in [0.05, 0.1) is 11.9 Å². The zero-order chi connectivity index (χ0) is 14.4. The van der Waals surface area contributed by atoms with Crippen molar-refractivity contribution in [1.29, 1.82) is 0 Å². The van der Waals surface area contributed by atoms with Crippen molar-refractivity contribution in [2.45, 2.75) is 32.2 Å². The average Bonchev–Trinajstić information content (AvgIpc) is 3.10. The van der Waals surface area contributed by atoms with Gasteiger partial charge >= 0.3 is 0 Å². The molecule has 0 radical (unpaired) electrons. The van der Waals surface area contributed by atoms with Crippen LogP contribution in [0.1, 0.15) is 28.2 Å². The van der Waals surface area contributed by atoms with Gasteiger partial charge < -0.3 is 4.98 Å². The number of H-pyrrole nitrogens is 1. The van der Waals surface area contributed by atoms with E-state index in [0.29, 0.717) is 11.3 Å². The van der Waals surface area contributed by atoms with Crippen LogP contribution < -0.4 is 5.56 Å². The van der Waals surface area contributed by atoms with Gasteiger partial charge in [-0.1, -0.05) is 6.07 Å². The molecule has 0 spiro atoms. The fourth-order valence-corrected chi connectivity index (χ4v) is 5.26. The number of hydrogen-bond acceptors (Lipinski definition) is 4. The summed E-state index contributed by atoms with van der Waals surface area (Å²) in [7, 11) is 0. The Morgan fingerprint density at radius 3 is 3.00 bits per heavy atom. The summed E-state index contributed by atoms with van der Waals surface area (Å²) >= 11 is 8.77. The van der Waals surface area contributed by atoms with Crippen LogP contribution in [-0.4, -0.2) is 9.55 Å². The Balaban J connectivity index is 1.95. The highest BCUT2D eigenvalue weighted by Crippen LogP contribution is 2.33. The van der Waals surface area contributed by atoms with Crippen molar-refractivity contribution in [2.75, 3.05) is 0 Å². The quantitative estimate of drug-likeness (QED) is 0.716. The number of fused-ring (bicyclic) bond motifs is 3. The number of nitrogens with zero attached hydrogens (tertiary/aromatic N) is 1. The van der Waals surface area contributed by atoms with Crippen LogP contribution in [0.2, 0.25) is 0 Å². The van der Waals surface area contributed by atoms with Crippen LogP contribution >= 0.6 is 34.9 Å². The van der Waals surface area contributed by atoms with Gasteiger partial charge in [0.15, 0.2) is 4.77 Å². The van der Waals surface area contributed by atoms with Crippen LogP contribution in [0, 0.1) is 4.77 Å². The predicted octanol–water partition coefficient (Wildman–Crippen LogP) is 4.11. The lowest BCUT2D eigenvalue weighted by Gasteiger charge is -2.10. The van der Waals surface area contributed by atoms with Crippen molar-refractivity contribution in [2.24, 2.45) is 0 Å². The molecule has 3 heterocycles. The Morgan fingerprint density at radius 2 is 2.19 bits per heavy atom. The van der Waals surface area contributed by atoms with Crippen LogP contribution in [0.25, 0.3) is 10.2 Å². The lowest BCUT2D eigenvalue weighted by molar-refractivity contribution is 0.697. The number of rotatable bonds is 2. The number of thiophene rings is 2.